The molecule has 8 aliphatic rings. The predicted octanol–water partition coefficient (Wildman–Crippen LogP) is 2.89. The fourth-order valence-corrected chi connectivity index (χ4v) is 7.77. The van der Waals surface area contributed by atoms with Gasteiger partial charge in [0.05, 0.1) is 11.4 Å². The smallest absolute Gasteiger partial charge is 0.300 e. The van der Waals surface area contributed by atoms with Crippen molar-refractivity contribution in [2.24, 2.45) is 22.0 Å². The van der Waals surface area contributed by atoms with E-state index in [1.54, 1.807) is 0 Å². The molecule has 0 spiro atoms. The maximum Gasteiger partial charge on any atom is 0.300 e. The Morgan fingerprint density at radius 2 is 1.04 bits per heavy atom. The Bertz CT molecular complexity index is 1790. The topological polar surface area (TPSA) is 207 Å². The van der Waals surface area contributed by atoms with Gasteiger partial charge in [0.1, 0.15) is 36.8 Å². The van der Waals surface area contributed by atoms with E-state index in [4.69, 9.17) is 29.3 Å². The number of rotatable bonds is 6. The minimum atomic E-state index is -0.833. The van der Waals surface area contributed by atoms with Crippen molar-refractivity contribution >= 4 is 46.8 Å². The van der Waals surface area contributed by atoms with E-state index in [1.165, 1.54) is 47.9 Å². The minimum absolute atomic E-state index is 0.0670. The number of hydrogen-bond donors (Lipinski definition) is 6. The van der Waals surface area contributed by atoms with Gasteiger partial charge in [-0.2, -0.15) is 10.2 Å². The van der Waals surface area contributed by atoms with Gasteiger partial charge in [0.2, 0.25) is 0 Å². The Morgan fingerprint density at radius 3 is 1.34 bits per heavy atom. The van der Waals surface area contributed by atoms with Gasteiger partial charge in [-0.1, -0.05) is 0 Å². The molecule has 56 heavy (non-hydrogen) atoms. The molecule has 6 heterocycles. The van der Waals surface area contributed by atoms with Crippen LogP contribution in [0.2, 0.25) is 0 Å². The van der Waals surface area contributed by atoms with Crippen LogP contribution in [-0.2, 0) is 32.0 Å². The van der Waals surface area contributed by atoms with Crippen LogP contribution in [-0.4, -0.2) is 97.1 Å². The van der Waals surface area contributed by atoms with Crippen molar-refractivity contribution in [2.45, 2.75) is 90.1 Å². The number of anilines is 2. The van der Waals surface area contributed by atoms with Crippen LogP contribution >= 0.6 is 0 Å². The van der Waals surface area contributed by atoms with Gasteiger partial charge in [-0.15, -0.1) is 0 Å². The number of nitrogens with one attached hydrogen (secondary N) is 4. The van der Waals surface area contributed by atoms with Gasteiger partial charge in [0.15, 0.2) is 11.7 Å². The number of ether oxygens (including phenoxy) is 2. The van der Waals surface area contributed by atoms with E-state index in [0.717, 1.165) is 99.2 Å². The molecule has 0 unspecified atom stereocenters. The first-order valence-electron chi connectivity index (χ1n) is 19.6. The highest BCUT2D eigenvalue weighted by atomic mass is 16.5. The third kappa shape index (κ3) is 8.76. The highest BCUT2D eigenvalue weighted by Crippen LogP contribution is 2.48. The number of carbonyl (C=O) groups is 4. The van der Waals surface area contributed by atoms with Crippen LogP contribution in [0, 0.1) is 11.8 Å². The minimum Gasteiger partial charge on any atom is -0.483 e. The molecule has 16 nitrogen and oxygen atoms in total. The maximum atomic E-state index is 12.1. The van der Waals surface area contributed by atoms with Crippen molar-refractivity contribution in [1.29, 1.82) is 0 Å². The number of aliphatic carboxylic acids is 2. The van der Waals surface area contributed by atoms with Gasteiger partial charge in [0.25, 0.3) is 23.8 Å². The molecule has 16 heteroatoms. The normalized spacial score (nSPS) is 23.1. The Labute approximate surface area is 326 Å². The van der Waals surface area contributed by atoms with Crippen LogP contribution in [0.5, 0.6) is 11.5 Å². The first-order valence-corrected chi connectivity index (χ1v) is 19.6. The molecule has 2 saturated heterocycles. The molecular formula is C40H52N8O8. The van der Waals surface area contributed by atoms with Gasteiger partial charge < -0.3 is 40.1 Å². The summed E-state index contributed by atoms with van der Waals surface area (Å²) in [4.78, 5) is 46.2. The Morgan fingerprint density at radius 1 is 0.679 bits per heavy atom. The quantitative estimate of drug-likeness (QED) is 0.251. The predicted molar refractivity (Wildman–Crippen MR) is 210 cm³/mol. The Balaban J connectivity index is 0.000000145. The summed E-state index contributed by atoms with van der Waals surface area (Å²) < 4.78 is 11.9. The van der Waals surface area contributed by atoms with E-state index in [9.17, 15) is 9.59 Å². The number of fused-ring (bicyclic) bond motifs is 6. The summed E-state index contributed by atoms with van der Waals surface area (Å²) in [5, 5.41) is 29.9. The first-order chi connectivity index (χ1) is 26.9. The van der Waals surface area contributed by atoms with Gasteiger partial charge in [-0.25, -0.2) is 10.9 Å². The number of carboxylic acids is 2. The zero-order valence-electron chi connectivity index (χ0n) is 32.4. The van der Waals surface area contributed by atoms with Gasteiger partial charge in [0, 0.05) is 13.8 Å². The second kappa shape index (κ2) is 16.5. The highest BCUT2D eigenvalue weighted by Gasteiger charge is 2.39. The highest BCUT2D eigenvalue weighted by molar-refractivity contribution is 6.10. The zero-order valence-corrected chi connectivity index (χ0v) is 32.4. The van der Waals surface area contributed by atoms with Crippen molar-refractivity contribution in [1.82, 2.24) is 21.5 Å². The lowest BCUT2D eigenvalue weighted by Gasteiger charge is -2.39. The van der Waals surface area contributed by atoms with Gasteiger partial charge >= 0.3 is 0 Å². The summed E-state index contributed by atoms with van der Waals surface area (Å²) in [7, 11) is 0. The molecule has 300 valence electrons. The van der Waals surface area contributed by atoms with Gasteiger partial charge in [-0.05, 0) is 149 Å². The Kier molecular flexibility index (Phi) is 11.5. The molecule has 0 aromatic heterocycles. The molecule has 2 saturated carbocycles. The Hall–Kier alpha value is -5.22. The van der Waals surface area contributed by atoms with Crippen LogP contribution in [0.3, 0.4) is 0 Å². The molecular weight excluding hydrogens is 720 g/mol. The van der Waals surface area contributed by atoms with Crippen molar-refractivity contribution in [2.75, 3.05) is 49.2 Å². The van der Waals surface area contributed by atoms with E-state index in [1.807, 2.05) is 23.6 Å². The molecule has 2 aromatic rings. The lowest BCUT2D eigenvalue weighted by molar-refractivity contribution is -0.135. The van der Waals surface area contributed by atoms with Crippen LogP contribution in [0.4, 0.5) is 11.4 Å². The summed E-state index contributed by atoms with van der Waals surface area (Å²) in [6.45, 7) is 11.2. The monoisotopic (exact) mass is 772 g/mol. The van der Waals surface area contributed by atoms with Gasteiger partial charge in [-0.3, -0.25) is 19.2 Å². The van der Waals surface area contributed by atoms with E-state index in [2.05, 4.69) is 56.0 Å². The van der Waals surface area contributed by atoms with E-state index in [-0.39, 0.29) is 23.9 Å². The molecule has 10 rings (SSSR count). The fraction of sp³-hybridized carbons (Fsp3) is 0.550. The van der Waals surface area contributed by atoms with E-state index in [0.29, 0.717) is 25.0 Å². The van der Waals surface area contributed by atoms with E-state index < -0.39 is 11.9 Å². The molecule has 6 aliphatic heterocycles. The lowest BCUT2D eigenvalue weighted by Crippen LogP contribution is -2.55. The fourth-order valence-electron chi connectivity index (χ4n) is 7.77. The van der Waals surface area contributed by atoms with Crippen molar-refractivity contribution < 1.29 is 38.9 Å². The van der Waals surface area contributed by atoms with Crippen LogP contribution in [0.25, 0.3) is 0 Å². The molecule has 2 aromatic carbocycles. The standard InChI is InChI=1S/2C18H22N4O2.2C2H4O2/c2*1-10-18(23)21-20-17-9-24-16-6-14(12-2-3-12)13(4-11-7-19-8-11)5-15(16)22(10)17;2*1-2(3)4/h2*5-6,10-12,19H,2-4,7-9H2,1H3,(H,21,23);2*1H3,(H,3,4)/t2*10-;;/m10../s1. The number of hydrogen-bond acceptors (Lipinski definition) is 12. The second-order valence-corrected chi connectivity index (χ2v) is 15.8. The molecule has 4 fully saturated rings. The number of benzene rings is 2. The summed E-state index contributed by atoms with van der Waals surface area (Å²) in [6, 6.07) is 8.45. The molecule has 0 bridgehead atoms. The third-order valence-electron chi connectivity index (χ3n) is 11.1. The summed E-state index contributed by atoms with van der Waals surface area (Å²) >= 11 is 0. The van der Waals surface area contributed by atoms with Crippen molar-refractivity contribution in [3.63, 3.8) is 0 Å². The number of nitrogens with zero attached hydrogens (tertiary/aromatic N) is 4. The van der Waals surface area contributed by atoms with Crippen LogP contribution < -0.4 is 40.8 Å². The van der Waals surface area contributed by atoms with E-state index >= 15 is 0 Å². The average Bonchev–Trinajstić information content (AvgIpc) is 4.05. The molecule has 2 amide bonds. The number of carboxylic acid groups (broad SMARTS) is 2. The number of amidine groups is 2. The summed E-state index contributed by atoms with van der Waals surface area (Å²) in [6.07, 6.45) is 7.34. The third-order valence-corrected chi connectivity index (χ3v) is 11.1. The van der Waals surface area contributed by atoms with Crippen molar-refractivity contribution in [3.05, 3.63) is 46.5 Å². The number of amides is 2. The SMILES string of the molecule is CC(=O)O.CC(=O)O.C[C@@H]1C(=O)NN=C2COc3cc(C4CC4)c(CC4CNC4)cc3N21.C[C@H]1C(=O)NN=C2COc3cc(C4CC4)c(CC4CNC4)cc3N21. The average molecular weight is 773 g/mol. The van der Waals surface area contributed by atoms with Crippen LogP contribution in [0.15, 0.2) is 34.5 Å². The zero-order chi connectivity index (χ0) is 39.7. The number of hydrazone groups is 2. The summed E-state index contributed by atoms with van der Waals surface area (Å²) in [5.41, 5.74) is 12.9. The molecule has 2 aliphatic carbocycles. The maximum absolute atomic E-state index is 12.1. The van der Waals surface area contributed by atoms with Crippen molar-refractivity contribution in [3.8, 4) is 11.5 Å². The molecule has 0 radical (unpaired) electrons. The molecule has 2 atom stereocenters. The second-order valence-electron chi connectivity index (χ2n) is 15.8. The summed E-state index contributed by atoms with van der Waals surface area (Å²) in [5.74, 6) is 4.39. The van der Waals surface area contributed by atoms with Crippen LogP contribution in [0.1, 0.15) is 87.5 Å². The lowest BCUT2D eigenvalue weighted by atomic mass is 9.89. The number of carbonyl (C=O) groups excluding carboxylic acids is 2. The largest absolute Gasteiger partial charge is 0.483 e. The molecule has 6 N–H and O–H groups in total. The first kappa shape index (κ1) is 39.0.